The first-order chi connectivity index (χ1) is 10.7. The van der Waals surface area contributed by atoms with Crippen LogP contribution in [0.5, 0.6) is 0 Å². The van der Waals surface area contributed by atoms with Crippen LogP contribution in [0.2, 0.25) is 5.02 Å². The molecule has 0 bridgehead atoms. The van der Waals surface area contributed by atoms with E-state index in [0.29, 0.717) is 11.6 Å². The van der Waals surface area contributed by atoms with Crippen LogP contribution in [-0.2, 0) is 11.3 Å². The highest BCUT2D eigenvalue weighted by Crippen LogP contribution is 2.19. The number of ether oxygens (including phenoxy) is 1. The summed E-state index contributed by atoms with van der Waals surface area (Å²) in [7, 11) is 3.44. The van der Waals surface area contributed by atoms with Gasteiger partial charge in [0.2, 0.25) is 0 Å². The molecule has 1 atom stereocenters. The van der Waals surface area contributed by atoms with Crippen molar-refractivity contribution < 1.29 is 4.74 Å². The molecule has 4 nitrogen and oxygen atoms in total. The molecule has 1 aromatic carbocycles. The van der Waals surface area contributed by atoms with Crippen molar-refractivity contribution in [1.29, 1.82) is 0 Å². The fourth-order valence-electron chi connectivity index (χ4n) is 2.03. The maximum atomic E-state index is 6.03. The van der Waals surface area contributed by atoms with Gasteiger partial charge in [0, 0.05) is 32.3 Å². The number of hydrogen-bond acceptors (Lipinski definition) is 3. The minimum Gasteiger partial charge on any atom is -0.375 e. The lowest BCUT2D eigenvalue weighted by Gasteiger charge is -2.19. The molecule has 0 saturated heterocycles. The van der Waals surface area contributed by atoms with Crippen LogP contribution in [-0.4, -0.2) is 26.7 Å². The van der Waals surface area contributed by atoms with Gasteiger partial charge in [0.25, 0.3) is 0 Å². The molecule has 6 heteroatoms. The first-order valence-electron chi connectivity index (χ1n) is 6.96. The summed E-state index contributed by atoms with van der Waals surface area (Å²) in [6.45, 7) is 1.36. The third-order valence-corrected chi connectivity index (χ3v) is 4.19. The summed E-state index contributed by atoms with van der Waals surface area (Å²) in [5.74, 6) is 0.746. The molecule has 0 aliphatic rings. The number of rotatable bonds is 6. The minimum atomic E-state index is -0.0848. The zero-order chi connectivity index (χ0) is 15.8. The monoisotopic (exact) mass is 337 g/mol. The van der Waals surface area contributed by atoms with Gasteiger partial charge in [0.15, 0.2) is 5.96 Å². The molecule has 1 unspecified atom stereocenters. The molecule has 0 radical (unpaired) electrons. The first kappa shape index (κ1) is 16.8. The Bertz CT molecular complexity index is 601. The molecule has 0 saturated carbocycles. The van der Waals surface area contributed by atoms with Gasteiger partial charge < -0.3 is 15.4 Å². The standard InChI is InChI=1S/C16H20ClN3OS/c1-18-16(19-9-12-6-7-22-11-12)20-10-15(21-2)13-4-3-5-14(17)8-13/h3-8,11,15H,9-10H2,1-2H3,(H2,18,19,20). The molecule has 2 rings (SSSR count). The largest absolute Gasteiger partial charge is 0.375 e. The lowest BCUT2D eigenvalue weighted by atomic mass is 10.1. The van der Waals surface area contributed by atoms with Crippen LogP contribution in [0, 0.1) is 0 Å². The van der Waals surface area contributed by atoms with Crippen molar-refractivity contribution in [2.45, 2.75) is 12.6 Å². The summed E-state index contributed by atoms with van der Waals surface area (Å²) in [6, 6.07) is 9.79. The third kappa shape index (κ3) is 5.02. The van der Waals surface area contributed by atoms with Gasteiger partial charge in [-0.3, -0.25) is 4.99 Å². The van der Waals surface area contributed by atoms with Crippen LogP contribution in [0.15, 0.2) is 46.1 Å². The average Bonchev–Trinajstić information content (AvgIpc) is 3.04. The number of aliphatic imine (C=N–C) groups is 1. The van der Waals surface area contributed by atoms with Crippen LogP contribution in [0.25, 0.3) is 0 Å². The van der Waals surface area contributed by atoms with E-state index in [1.54, 1.807) is 25.5 Å². The summed E-state index contributed by atoms with van der Waals surface area (Å²) < 4.78 is 5.53. The van der Waals surface area contributed by atoms with Crippen molar-refractivity contribution >= 4 is 28.9 Å². The number of halogens is 1. The van der Waals surface area contributed by atoms with Crippen LogP contribution >= 0.6 is 22.9 Å². The molecule has 22 heavy (non-hydrogen) atoms. The second kappa shape index (κ2) is 8.78. The summed E-state index contributed by atoms with van der Waals surface area (Å²) in [4.78, 5) is 4.22. The molecule has 0 spiro atoms. The fourth-order valence-corrected chi connectivity index (χ4v) is 2.90. The molecule has 2 N–H and O–H groups in total. The molecule has 0 aliphatic carbocycles. The number of benzene rings is 1. The van der Waals surface area contributed by atoms with E-state index in [1.807, 2.05) is 24.3 Å². The van der Waals surface area contributed by atoms with Gasteiger partial charge in [-0.05, 0) is 40.1 Å². The third-order valence-electron chi connectivity index (χ3n) is 3.22. The number of guanidine groups is 1. The van der Waals surface area contributed by atoms with Crippen LogP contribution in [0.1, 0.15) is 17.2 Å². The highest BCUT2D eigenvalue weighted by Gasteiger charge is 2.11. The fraction of sp³-hybridized carbons (Fsp3) is 0.312. The van der Waals surface area contributed by atoms with Crippen molar-refractivity contribution in [2.24, 2.45) is 4.99 Å². The molecule has 0 amide bonds. The Balaban J connectivity index is 1.88. The SMILES string of the molecule is CN=C(NCc1ccsc1)NCC(OC)c1cccc(Cl)c1. The van der Waals surface area contributed by atoms with E-state index in [-0.39, 0.29) is 6.10 Å². The lowest BCUT2D eigenvalue weighted by Crippen LogP contribution is -2.39. The second-order valence-corrected chi connectivity index (χ2v) is 5.93. The van der Waals surface area contributed by atoms with Gasteiger partial charge >= 0.3 is 0 Å². The Labute approximate surface area is 140 Å². The highest BCUT2D eigenvalue weighted by molar-refractivity contribution is 7.07. The van der Waals surface area contributed by atoms with Gasteiger partial charge in [0.1, 0.15) is 0 Å². The zero-order valence-electron chi connectivity index (χ0n) is 12.7. The van der Waals surface area contributed by atoms with Gasteiger partial charge in [-0.1, -0.05) is 23.7 Å². The number of nitrogens with one attached hydrogen (secondary N) is 2. The lowest BCUT2D eigenvalue weighted by molar-refractivity contribution is 0.106. The summed E-state index contributed by atoms with van der Waals surface area (Å²) >= 11 is 7.72. The molecule has 0 fully saturated rings. The summed E-state index contributed by atoms with van der Waals surface area (Å²) in [5, 5.41) is 11.4. The van der Waals surface area contributed by atoms with E-state index >= 15 is 0 Å². The van der Waals surface area contributed by atoms with E-state index in [2.05, 4.69) is 32.5 Å². The number of nitrogens with zero attached hydrogens (tertiary/aromatic N) is 1. The predicted molar refractivity (Wildman–Crippen MR) is 93.7 cm³/mol. The van der Waals surface area contributed by atoms with Gasteiger partial charge in [-0.15, -0.1) is 0 Å². The van der Waals surface area contributed by atoms with Gasteiger partial charge in [-0.2, -0.15) is 11.3 Å². The zero-order valence-corrected chi connectivity index (χ0v) is 14.2. The maximum Gasteiger partial charge on any atom is 0.191 e. The predicted octanol–water partition coefficient (Wildman–Crippen LogP) is 3.45. The Morgan fingerprint density at radius 1 is 1.36 bits per heavy atom. The topological polar surface area (TPSA) is 45.7 Å². The first-order valence-corrected chi connectivity index (χ1v) is 8.29. The van der Waals surface area contributed by atoms with Crippen molar-refractivity contribution in [2.75, 3.05) is 20.7 Å². The Morgan fingerprint density at radius 3 is 2.86 bits per heavy atom. The van der Waals surface area contributed by atoms with E-state index in [0.717, 1.165) is 18.1 Å². The van der Waals surface area contributed by atoms with E-state index < -0.39 is 0 Å². The molecule has 2 aromatic rings. The van der Waals surface area contributed by atoms with E-state index in [1.165, 1.54) is 5.56 Å². The molecular formula is C16H20ClN3OS. The van der Waals surface area contributed by atoms with Crippen LogP contribution in [0.4, 0.5) is 0 Å². The van der Waals surface area contributed by atoms with E-state index in [4.69, 9.17) is 16.3 Å². The summed E-state index contributed by atoms with van der Waals surface area (Å²) in [5.41, 5.74) is 2.28. The van der Waals surface area contributed by atoms with Crippen molar-refractivity contribution in [1.82, 2.24) is 10.6 Å². The number of thiophene rings is 1. The molecule has 118 valence electrons. The number of hydrogen-bond donors (Lipinski definition) is 2. The highest BCUT2D eigenvalue weighted by atomic mass is 35.5. The second-order valence-electron chi connectivity index (χ2n) is 4.72. The molecule has 0 aliphatic heterocycles. The normalized spacial score (nSPS) is 13.0. The smallest absolute Gasteiger partial charge is 0.191 e. The minimum absolute atomic E-state index is 0.0848. The number of methoxy groups -OCH3 is 1. The van der Waals surface area contributed by atoms with Crippen LogP contribution in [0.3, 0.4) is 0 Å². The Kier molecular flexibility index (Phi) is 6.71. The van der Waals surface area contributed by atoms with Gasteiger partial charge in [0.05, 0.1) is 6.10 Å². The molecule has 1 aromatic heterocycles. The quantitative estimate of drug-likeness (QED) is 0.627. The van der Waals surface area contributed by atoms with Crippen molar-refractivity contribution in [3.8, 4) is 0 Å². The summed E-state index contributed by atoms with van der Waals surface area (Å²) in [6.07, 6.45) is -0.0848. The van der Waals surface area contributed by atoms with E-state index in [9.17, 15) is 0 Å². The van der Waals surface area contributed by atoms with Crippen molar-refractivity contribution in [3.63, 3.8) is 0 Å². The average molecular weight is 338 g/mol. The molecular weight excluding hydrogens is 318 g/mol. The van der Waals surface area contributed by atoms with Gasteiger partial charge in [-0.25, -0.2) is 0 Å². The van der Waals surface area contributed by atoms with Crippen LogP contribution < -0.4 is 10.6 Å². The molecule has 1 heterocycles. The maximum absolute atomic E-state index is 6.03. The van der Waals surface area contributed by atoms with Crippen molar-refractivity contribution in [3.05, 3.63) is 57.2 Å². The Morgan fingerprint density at radius 2 is 2.23 bits per heavy atom. The Hall–Kier alpha value is -1.56.